The van der Waals surface area contributed by atoms with Crippen LogP contribution in [0.1, 0.15) is 85.3 Å². The molecule has 0 bridgehead atoms. The Morgan fingerprint density at radius 3 is 2.43 bits per heavy atom. The fourth-order valence-electron chi connectivity index (χ4n) is 6.57. The molecule has 7 nitrogen and oxygen atoms in total. The molecule has 1 spiro atoms. The van der Waals surface area contributed by atoms with Crippen molar-refractivity contribution in [2.24, 2.45) is 5.92 Å². The number of ether oxygens (including phenoxy) is 1. The number of piperidine rings is 1. The minimum Gasteiger partial charge on any atom is -0.449 e. The van der Waals surface area contributed by atoms with Crippen LogP contribution >= 0.6 is 0 Å². The number of likely N-dealkylation sites (tertiary alicyclic amines) is 2. The molecule has 3 fully saturated rings. The third kappa shape index (κ3) is 4.12. The van der Waals surface area contributed by atoms with Gasteiger partial charge in [0.1, 0.15) is 0 Å². The Balaban J connectivity index is 1.11. The minimum atomic E-state index is -0.740. The summed E-state index contributed by atoms with van der Waals surface area (Å²) in [5.41, 5.74) is 2.56. The number of hydrogen-bond donors (Lipinski definition) is 0. The molecule has 1 unspecified atom stereocenters. The molecule has 2 amide bonds. The van der Waals surface area contributed by atoms with Crippen LogP contribution in [0.3, 0.4) is 0 Å². The number of amides is 2. The van der Waals surface area contributed by atoms with Gasteiger partial charge < -0.3 is 14.5 Å². The van der Waals surface area contributed by atoms with Crippen LogP contribution in [0.15, 0.2) is 42.7 Å². The Morgan fingerprint density at radius 1 is 1.03 bits per heavy atom. The number of benzene rings is 1. The summed E-state index contributed by atoms with van der Waals surface area (Å²) in [7, 11) is 0. The molecule has 1 aliphatic carbocycles. The number of rotatable bonds is 5. The molecule has 0 N–H and O–H groups in total. The van der Waals surface area contributed by atoms with Crippen LogP contribution in [-0.4, -0.2) is 58.7 Å². The summed E-state index contributed by atoms with van der Waals surface area (Å²) in [6, 6.07) is 10.5. The van der Waals surface area contributed by atoms with Crippen molar-refractivity contribution in [3.8, 4) is 0 Å². The minimum absolute atomic E-state index is 0.146. The fraction of sp³-hybridized carbons (Fsp3) is 0.533. The van der Waals surface area contributed by atoms with E-state index in [0.29, 0.717) is 43.3 Å². The lowest BCUT2D eigenvalue weighted by Crippen LogP contribution is -2.40. The second kappa shape index (κ2) is 8.96. The van der Waals surface area contributed by atoms with Gasteiger partial charge in [-0.1, -0.05) is 38.1 Å². The first-order valence-corrected chi connectivity index (χ1v) is 13.7. The summed E-state index contributed by atoms with van der Waals surface area (Å²) in [6.45, 7) is 6.81. The molecule has 2 aromatic rings. The predicted octanol–water partition coefficient (Wildman–Crippen LogP) is 4.16. The van der Waals surface area contributed by atoms with E-state index in [2.05, 4.69) is 43.1 Å². The van der Waals surface area contributed by atoms with Crippen molar-refractivity contribution in [1.29, 1.82) is 0 Å². The standard InChI is InChI=1S/C30H35N3O4/c1-20(2)17-26(34)32-14-8-22(9-15-32)21-3-5-23(6-4-21)29(10-11-29)28(36)33-16-12-30(19-33)25-7-13-31-18-24(25)27(35)37-30/h3-7,13,18,20,22H,8-12,14-17,19H2,1-2H3. The highest BCUT2D eigenvalue weighted by atomic mass is 16.6. The lowest BCUT2D eigenvalue weighted by molar-refractivity contribution is -0.134. The molecule has 1 aromatic heterocycles. The fourth-order valence-corrected chi connectivity index (χ4v) is 6.57. The number of carbonyl (C=O) groups excluding carboxylic acids is 3. The molecule has 4 heterocycles. The Hall–Kier alpha value is -3.22. The third-order valence-corrected chi connectivity index (χ3v) is 8.86. The summed E-state index contributed by atoms with van der Waals surface area (Å²) in [5.74, 6) is 0.918. The first-order valence-electron chi connectivity index (χ1n) is 13.7. The van der Waals surface area contributed by atoms with Gasteiger partial charge in [0.2, 0.25) is 11.8 Å². The van der Waals surface area contributed by atoms with Crippen LogP contribution in [-0.2, 0) is 25.3 Å². The van der Waals surface area contributed by atoms with Crippen LogP contribution in [0.4, 0.5) is 0 Å². The van der Waals surface area contributed by atoms with Crippen molar-refractivity contribution in [3.05, 3.63) is 65.0 Å². The molecule has 2 saturated heterocycles. The molecular formula is C30H35N3O4. The van der Waals surface area contributed by atoms with E-state index in [1.807, 2.05) is 15.9 Å². The van der Waals surface area contributed by atoms with Crippen molar-refractivity contribution in [2.75, 3.05) is 26.2 Å². The molecule has 194 valence electrons. The van der Waals surface area contributed by atoms with Crippen LogP contribution in [0.2, 0.25) is 0 Å². The van der Waals surface area contributed by atoms with Gasteiger partial charge in [0.05, 0.1) is 17.5 Å². The van der Waals surface area contributed by atoms with Crippen molar-refractivity contribution < 1.29 is 19.1 Å². The van der Waals surface area contributed by atoms with E-state index in [1.54, 1.807) is 12.4 Å². The Morgan fingerprint density at radius 2 is 1.76 bits per heavy atom. The van der Waals surface area contributed by atoms with Crippen molar-refractivity contribution in [2.45, 2.75) is 69.3 Å². The molecule has 4 aliphatic rings. The summed E-state index contributed by atoms with van der Waals surface area (Å²) in [5, 5.41) is 0. The number of nitrogens with zero attached hydrogens (tertiary/aromatic N) is 3. The zero-order valence-corrected chi connectivity index (χ0v) is 21.7. The first-order chi connectivity index (χ1) is 17.8. The highest BCUT2D eigenvalue weighted by Crippen LogP contribution is 2.52. The van der Waals surface area contributed by atoms with Gasteiger partial charge in [0.15, 0.2) is 5.60 Å². The number of hydrogen-bond acceptors (Lipinski definition) is 5. The summed E-state index contributed by atoms with van der Waals surface area (Å²) >= 11 is 0. The van der Waals surface area contributed by atoms with E-state index < -0.39 is 11.0 Å². The van der Waals surface area contributed by atoms with Gasteiger partial charge in [0.25, 0.3) is 0 Å². The van der Waals surface area contributed by atoms with Crippen LogP contribution in [0.25, 0.3) is 0 Å². The van der Waals surface area contributed by atoms with Gasteiger partial charge in [-0.2, -0.15) is 0 Å². The van der Waals surface area contributed by atoms with E-state index in [1.165, 1.54) is 5.56 Å². The number of esters is 1. The lowest BCUT2D eigenvalue weighted by atomic mass is 9.86. The van der Waals surface area contributed by atoms with E-state index in [-0.39, 0.29) is 17.8 Å². The Bertz CT molecular complexity index is 1230. The molecule has 0 radical (unpaired) electrons. The lowest BCUT2D eigenvalue weighted by Gasteiger charge is -2.33. The monoisotopic (exact) mass is 501 g/mol. The molecular weight excluding hydrogens is 466 g/mol. The van der Waals surface area contributed by atoms with E-state index in [4.69, 9.17) is 4.74 Å². The van der Waals surface area contributed by atoms with Crippen molar-refractivity contribution >= 4 is 17.8 Å². The van der Waals surface area contributed by atoms with Crippen molar-refractivity contribution in [1.82, 2.24) is 14.8 Å². The maximum atomic E-state index is 13.8. The highest BCUT2D eigenvalue weighted by molar-refractivity contribution is 5.95. The zero-order valence-electron chi connectivity index (χ0n) is 21.7. The van der Waals surface area contributed by atoms with E-state index in [0.717, 1.165) is 49.9 Å². The summed E-state index contributed by atoms with van der Waals surface area (Å²) in [6.07, 6.45) is 8.17. The number of fused-ring (bicyclic) bond motifs is 2. The van der Waals surface area contributed by atoms with Gasteiger partial charge in [0, 0.05) is 50.4 Å². The average molecular weight is 502 g/mol. The van der Waals surface area contributed by atoms with E-state index >= 15 is 0 Å². The van der Waals surface area contributed by atoms with Gasteiger partial charge in [-0.3, -0.25) is 14.6 Å². The Kier molecular flexibility index (Phi) is 5.85. The third-order valence-electron chi connectivity index (χ3n) is 8.86. The second-order valence-electron chi connectivity index (χ2n) is 11.7. The summed E-state index contributed by atoms with van der Waals surface area (Å²) in [4.78, 5) is 46.6. The largest absolute Gasteiger partial charge is 0.449 e. The SMILES string of the molecule is CC(C)CC(=O)N1CCC(c2ccc(C3(C(=O)N4CCC5(C4)OC(=O)c4cnccc45)CC3)cc2)CC1. The maximum absolute atomic E-state index is 13.8. The molecule has 1 aromatic carbocycles. The smallest absolute Gasteiger partial charge is 0.341 e. The topological polar surface area (TPSA) is 79.8 Å². The molecule has 3 aliphatic heterocycles. The van der Waals surface area contributed by atoms with E-state index in [9.17, 15) is 14.4 Å². The van der Waals surface area contributed by atoms with Gasteiger partial charge >= 0.3 is 5.97 Å². The maximum Gasteiger partial charge on any atom is 0.341 e. The molecule has 6 rings (SSSR count). The normalized spacial score (nSPS) is 24.5. The second-order valence-corrected chi connectivity index (χ2v) is 11.7. The van der Waals surface area contributed by atoms with Crippen LogP contribution in [0.5, 0.6) is 0 Å². The molecule has 1 saturated carbocycles. The molecule has 1 atom stereocenters. The van der Waals surface area contributed by atoms with Crippen LogP contribution in [0, 0.1) is 5.92 Å². The molecule has 7 heteroatoms. The molecule has 37 heavy (non-hydrogen) atoms. The number of pyridine rings is 1. The zero-order chi connectivity index (χ0) is 25.8. The van der Waals surface area contributed by atoms with Gasteiger partial charge in [-0.25, -0.2) is 4.79 Å². The number of aromatic nitrogens is 1. The van der Waals surface area contributed by atoms with Crippen LogP contribution < -0.4 is 0 Å². The summed E-state index contributed by atoms with van der Waals surface area (Å²) < 4.78 is 5.83. The van der Waals surface area contributed by atoms with Gasteiger partial charge in [-0.05, 0) is 54.7 Å². The number of carbonyl (C=O) groups is 3. The highest BCUT2D eigenvalue weighted by Gasteiger charge is 2.57. The van der Waals surface area contributed by atoms with Crippen molar-refractivity contribution in [3.63, 3.8) is 0 Å². The van der Waals surface area contributed by atoms with Gasteiger partial charge in [-0.15, -0.1) is 0 Å². The Labute approximate surface area is 218 Å². The first kappa shape index (κ1) is 24.1. The predicted molar refractivity (Wildman–Crippen MR) is 138 cm³/mol. The average Bonchev–Trinajstić information content (AvgIpc) is 3.54. The quantitative estimate of drug-likeness (QED) is 0.575.